The van der Waals surface area contributed by atoms with Gasteiger partial charge in [-0.05, 0) is 60.0 Å². The molecule has 2 fully saturated rings. The Kier molecular flexibility index (Phi) is 6.32. The number of nitro groups is 1. The Morgan fingerprint density at radius 1 is 1.23 bits per heavy atom. The molecule has 30 heavy (non-hydrogen) atoms. The highest BCUT2D eigenvalue weighted by atomic mass is 32.2. The zero-order chi connectivity index (χ0) is 21.1. The van der Waals surface area contributed by atoms with E-state index in [0.717, 1.165) is 49.9 Å². The van der Waals surface area contributed by atoms with E-state index in [2.05, 4.69) is 15.5 Å². The lowest BCUT2D eigenvalue weighted by atomic mass is 10.2. The minimum atomic E-state index is -3.76. The van der Waals surface area contributed by atoms with E-state index in [1.165, 1.54) is 16.4 Å². The van der Waals surface area contributed by atoms with Gasteiger partial charge >= 0.3 is 0 Å². The van der Waals surface area contributed by atoms with E-state index in [1.54, 1.807) is 4.68 Å². The molecule has 0 saturated carbocycles. The molecule has 3 heterocycles. The third kappa shape index (κ3) is 4.48. The zero-order valence-corrected chi connectivity index (χ0v) is 17.8. The predicted molar refractivity (Wildman–Crippen MR) is 107 cm³/mol. The average molecular weight is 455 g/mol. The summed E-state index contributed by atoms with van der Waals surface area (Å²) in [5, 5.41) is 23.6. The number of benzene rings is 1. The second-order valence-corrected chi connectivity index (χ2v) is 10.2. The van der Waals surface area contributed by atoms with Crippen LogP contribution in [0.1, 0.15) is 32.1 Å². The van der Waals surface area contributed by atoms with Crippen LogP contribution in [0.25, 0.3) is 0 Å². The summed E-state index contributed by atoms with van der Waals surface area (Å²) in [7, 11) is -3.76. The molecule has 1 unspecified atom stereocenters. The largest absolute Gasteiger partial charge is 0.376 e. The molecule has 2 aliphatic rings. The van der Waals surface area contributed by atoms with Crippen LogP contribution in [0.4, 0.5) is 5.69 Å². The molecule has 0 amide bonds. The lowest BCUT2D eigenvalue weighted by Crippen LogP contribution is -2.35. The Morgan fingerprint density at radius 3 is 2.73 bits per heavy atom. The van der Waals surface area contributed by atoms with Crippen molar-refractivity contribution in [1.82, 2.24) is 24.5 Å². The number of hydrogen-bond acceptors (Lipinski definition) is 9. The van der Waals surface area contributed by atoms with E-state index >= 15 is 0 Å². The van der Waals surface area contributed by atoms with Gasteiger partial charge in [0.05, 0.1) is 27.4 Å². The second kappa shape index (κ2) is 8.96. The summed E-state index contributed by atoms with van der Waals surface area (Å²) < 4.78 is 34.3. The van der Waals surface area contributed by atoms with Crippen molar-refractivity contribution in [2.75, 3.05) is 19.7 Å². The molecule has 0 N–H and O–H groups in total. The summed E-state index contributed by atoms with van der Waals surface area (Å²) in [6, 6.07) is 3.98. The number of aromatic nitrogens is 4. The summed E-state index contributed by atoms with van der Waals surface area (Å²) in [5.74, 6) is 0. The lowest BCUT2D eigenvalue weighted by molar-refractivity contribution is -0.388. The normalized spacial score (nSPS) is 20.5. The van der Waals surface area contributed by atoms with E-state index < -0.39 is 14.9 Å². The third-order valence-corrected chi connectivity index (χ3v) is 8.12. The van der Waals surface area contributed by atoms with E-state index in [-0.39, 0.29) is 21.6 Å². The van der Waals surface area contributed by atoms with Crippen LogP contribution in [0, 0.1) is 10.1 Å². The Hall–Kier alpha value is -2.09. The molecule has 0 aliphatic carbocycles. The first-order valence-corrected chi connectivity index (χ1v) is 12.0. The summed E-state index contributed by atoms with van der Waals surface area (Å²) in [5.41, 5.74) is -0.287. The van der Waals surface area contributed by atoms with Crippen LogP contribution in [0.15, 0.2) is 33.1 Å². The first-order valence-electron chi connectivity index (χ1n) is 9.79. The molecule has 13 heteroatoms. The van der Waals surface area contributed by atoms with Crippen molar-refractivity contribution in [1.29, 1.82) is 0 Å². The fourth-order valence-corrected chi connectivity index (χ4v) is 6.01. The van der Waals surface area contributed by atoms with Gasteiger partial charge in [0.2, 0.25) is 15.2 Å². The fourth-order valence-electron chi connectivity index (χ4n) is 3.60. The van der Waals surface area contributed by atoms with Crippen molar-refractivity contribution >= 4 is 27.5 Å². The quantitative estimate of drug-likeness (QED) is 0.455. The Morgan fingerprint density at radius 2 is 2.03 bits per heavy atom. The van der Waals surface area contributed by atoms with Gasteiger partial charge in [0.15, 0.2) is 0 Å². The van der Waals surface area contributed by atoms with Crippen LogP contribution in [0.2, 0.25) is 0 Å². The molecule has 0 radical (unpaired) electrons. The van der Waals surface area contributed by atoms with Crippen molar-refractivity contribution < 1.29 is 18.1 Å². The topological polar surface area (TPSA) is 133 Å². The van der Waals surface area contributed by atoms with Gasteiger partial charge in [0.25, 0.3) is 5.69 Å². The molecule has 2 aromatic rings. The van der Waals surface area contributed by atoms with Gasteiger partial charge in [0.1, 0.15) is 0 Å². The van der Waals surface area contributed by atoms with Gasteiger partial charge < -0.3 is 4.74 Å². The van der Waals surface area contributed by atoms with Gasteiger partial charge in [-0.25, -0.2) is 13.1 Å². The Labute approximate surface area is 178 Å². The summed E-state index contributed by atoms with van der Waals surface area (Å²) in [4.78, 5) is 11.3. The standard InChI is InChI=1S/C17H22N6O5S2/c24-23(25)15-11-14(30(26,27)21-8-2-1-3-9-21)6-7-16(15)29-17-18-19-20-22(17)12-13-5-4-10-28-13/h6-7,11,13H,1-5,8-10,12H2. The van der Waals surface area contributed by atoms with Crippen LogP contribution >= 0.6 is 11.8 Å². The molecule has 1 atom stereocenters. The maximum absolute atomic E-state index is 12.9. The molecular formula is C17H22N6O5S2. The van der Waals surface area contributed by atoms with Gasteiger partial charge in [-0.1, -0.05) is 6.42 Å². The first kappa shape index (κ1) is 21.2. The molecular weight excluding hydrogens is 432 g/mol. The smallest absolute Gasteiger partial charge is 0.284 e. The van der Waals surface area contributed by atoms with Crippen molar-refractivity contribution in [3.8, 4) is 0 Å². The molecule has 2 saturated heterocycles. The molecule has 0 spiro atoms. The highest BCUT2D eigenvalue weighted by Gasteiger charge is 2.29. The number of sulfonamides is 1. The van der Waals surface area contributed by atoms with Crippen molar-refractivity contribution in [3.63, 3.8) is 0 Å². The molecule has 2 aliphatic heterocycles. The molecule has 11 nitrogen and oxygen atoms in total. The second-order valence-electron chi connectivity index (χ2n) is 7.23. The zero-order valence-electron chi connectivity index (χ0n) is 16.2. The van der Waals surface area contributed by atoms with Gasteiger partial charge in [-0.15, -0.1) is 5.10 Å². The highest BCUT2D eigenvalue weighted by Crippen LogP contribution is 2.36. The van der Waals surface area contributed by atoms with Gasteiger partial charge in [-0.2, -0.15) is 4.31 Å². The van der Waals surface area contributed by atoms with Crippen LogP contribution < -0.4 is 0 Å². The summed E-state index contributed by atoms with van der Waals surface area (Å²) in [6.07, 6.45) is 4.48. The third-order valence-electron chi connectivity index (χ3n) is 5.18. The van der Waals surface area contributed by atoms with Crippen LogP contribution in [0.5, 0.6) is 0 Å². The SMILES string of the molecule is O=[N+]([O-])c1cc(S(=O)(=O)N2CCCCC2)ccc1Sc1nnnn1CC1CCCO1. The van der Waals surface area contributed by atoms with Crippen LogP contribution in [-0.4, -0.2) is 63.7 Å². The van der Waals surface area contributed by atoms with Crippen molar-refractivity contribution in [3.05, 3.63) is 28.3 Å². The van der Waals surface area contributed by atoms with E-state index in [4.69, 9.17) is 4.74 Å². The minimum absolute atomic E-state index is 0.0138. The average Bonchev–Trinajstić information content (AvgIpc) is 3.41. The van der Waals surface area contributed by atoms with Crippen molar-refractivity contribution in [2.45, 2.75) is 59.7 Å². The monoisotopic (exact) mass is 454 g/mol. The van der Waals surface area contributed by atoms with E-state index in [9.17, 15) is 18.5 Å². The molecule has 0 bridgehead atoms. The molecule has 1 aromatic heterocycles. The first-order chi connectivity index (χ1) is 14.4. The number of nitro benzene ring substituents is 1. The summed E-state index contributed by atoms with van der Waals surface area (Å²) >= 11 is 1.04. The van der Waals surface area contributed by atoms with Gasteiger partial charge in [-0.3, -0.25) is 10.1 Å². The van der Waals surface area contributed by atoms with Crippen LogP contribution in [0.3, 0.4) is 0 Å². The maximum Gasteiger partial charge on any atom is 0.284 e. The molecule has 4 rings (SSSR count). The van der Waals surface area contributed by atoms with E-state index in [1.807, 2.05) is 0 Å². The predicted octanol–water partition coefficient (Wildman–Crippen LogP) is 2.09. The highest BCUT2D eigenvalue weighted by molar-refractivity contribution is 7.99. The minimum Gasteiger partial charge on any atom is -0.376 e. The molecule has 1 aromatic carbocycles. The number of ether oxygens (including phenoxy) is 1. The van der Waals surface area contributed by atoms with Crippen LogP contribution in [-0.2, 0) is 21.3 Å². The fraction of sp³-hybridized carbons (Fsp3) is 0.588. The van der Waals surface area contributed by atoms with Gasteiger partial charge in [0, 0.05) is 25.8 Å². The molecule has 162 valence electrons. The Balaban J connectivity index is 1.59. The number of piperidine rings is 1. The van der Waals surface area contributed by atoms with E-state index in [0.29, 0.717) is 31.4 Å². The number of rotatable bonds is 7. The number of hydrogen-bond donors (Lipinski definition) is 0. The number of nitrogens with zero attached hydrogens (tertiary/aromatic N) is 6. The van der Waals surface area contributed by atoms with Crippen molar-refractivity contribution in [2.24, 2.45) is 0 Å². The lowest BCUT2D eigenvalue weighted by Gasteiger charge is -2.25. The maximum atomic E-state index is 12.9. The number of tetrazole rings is 1. The summed E-state index contributed by atoms with van der Waals surface area (Å²) in [6.45, 7) is 2.04. The Bertz CT molecular complexity index is 1020.